The van der Waals surface area contributed by atoms with Gasteiger partial charge >= 0.3 is 5.97 Å². The zero-order valence-corrected chi connectivity index (χ0v) is 39.4. The summed E-state index contributed by atoms with van der Waals surface area (Å²) in [6, 6.07) is 12.2. The molecule has 0 aliphatic carbocycles. The first-order valence-electron chi connectivity index (χ1n) is 23.1. The highest BCUT2D eigenvalue weighted by atomic mass is 16.5. The van der Waals surface area contributed by atoms with Crippen molar-refractivity contribution in [1.29, 1.82) is 0 Å². The topological polar surface area (TPSA) is 179 Å². The molecule has 3 aliphatic heterocycles. The largest absolute Gasteiger partial charge is 0.508 e. The highest BCUT2D eigenvalue weighted by Crippen LogP contribution is 2.42. The number of benzene rings is 2. The number of aliphatic hydroxyl groups is 1. The van der Waals surface area contributed by atoms with Crippen LogP contribution < -0.4 is 10.7 Å². The number of aromatic nitrogens is 2. The molecule has 3 amide bonds. The van der Waals surface area contributed by atoms with Gasteiger partial charge in [-0.1, -0.05) is 39.8 Å². The van der Waals surface area contributed by atoms with Gasteiger partial charge in [-0.15, -0.1) is 0 Å². The number of nitrogens with one attached hydrogen (secondary N) is 2. The van der Waals surface area contributed by atoms with E-state index in [4.69, 9.17) is 14.5 Å². The zero-order valence-electron chi connectivity index (χ0n) is 39.4. The molecule has 4 aromatic rings. The first-order valence-corrected chi connectivity index (χ1v) is 23.1. The number of likely N-dealkylation sites (tertiary alicyclic amines) is 1. The Labute approximate surface area is 382 Å². The van der Waals surface area contributed by atoms with Gasteiger partial charge in [0.25, 0.3) is 5.91 Å². The van der Waals surface area contributed by atoms with E-state index >= 15 is 0 Å². The number of methoxy groups -OCH3 is 1. The lowest BCUT2D eigenvalue weighted by Crippen LogP contribution is -2.62. The standard InChI is InChI=1S/C50H67N7O8/c1-10-56-41-16-15-32-25-37(41)38(45(56)36-13-11-18-51-43(36)30(4)64-9)26-50(5,6)28-65-49(63)39-14-12-19-57(53-39)48(62)40(23-31-21-33(32)24-34(59)22-31)52-46(60)44(29(2)3)55(8)47(61)35-17-20-54(7)42(35)27-58/h11,13,15-16,18,21-22,24-25,29-30,35,39-40,42,44,53,58-59H,10,12,14,17,19-20,23,26-28H2,1-9H3,(H,52,60)/t30-,35-,39-,40-,42-,44?/m0/s1. The fraction of sp³-hybridized carbons (Fsp3) is 0.540. The van der Waals surface area contributed by atoms with Crippen LogP contribution in [0.3, 0.4) is 0 Å². The van der Waals surface area contributed by atoms with Crippen molar-refractivity contribution < 1.29 is 38.9 Å². The number of nitrogens with zero attached hydrogens (tertiary/aromatic N) is 5. The lowest BCUT2D eigenvalue weighted by molar-refractivity contribution is -0.155. The Hall–Kier alpha value is -5.35. The number of cyclic esters (lactones) is 1. The van der Waals surface area contributed by atoms with Crippen molar-refractivity contribution in [2.75, 3.05) is 47.5 Å². The summed E-state index contributed by atoms with van der Waals surface area (Å²) < 4.78 is 14.2. The van der Waals surface area contributed by atoms with Crippen LogP contribution in [0.5, 0.6) is 5.75 Å². The maximum Gasteiger partial charge on any atom is 0.324 e. The molecule has 0 spiro atoms. The molecular weight excluding hydrogens is 827 g/mol. The molecule has 2 fully saturated rings. The van der Waals surface area contributed by atoms with E-state index in [9.17, 15) is 29.4 Å². The number of fused-ring (bicyclic) bond motifs is 6. The Kier molecular flexibility index (Phi) is 14.4. The van der Waals surface area contributed by atoms with Crippen LogP contribution in [0.4, 0.5) is 0 Å². The van der Waals surface area contributed by atoms with Crippen molar-refractivity contribution in [2.45, 2.75) is 110 Å². The van der Waals surface area contributed by atoms with Crippen LogP contribution in [0, 0.1) is 17.3 Å². The second kappa shape index (κ2) is 19.6. The minimum Gasteiger partial charge on any atom is -0.508 e. The van der Waals surface area contributed by atoms with Crippen LogP contribution in [-0.2, 0) is 48.0 Å². The lowest BCUT2D eigenvalue weighted by atomic mass is 9.84. The van der Waals surface area contributed by atoms with Gasteiger partial charge < -0.3 is 39.4 Å². The molecule has 6 atom stereocenters. The Balaban J connectivity index is 1.33. The monoisotopic (exact) mass is 894 g/mol. The number of hydrazine groups is 1. The fourth-order valence-corrected chi connectivity index (χ4v) is 10.2. The number of rotatable bonds is 10. The number of aliphatic hydroxyl groups excluding tert-OH is 1. The number of amides is 3. The highest BCUT2D eigenvalue weighted by Gasteiger charge is 2.42. The molecule has 15 heteroatoms. The number of hydrogen-bond acceptors (Lipinski definition) is 11. The van der Waals surface area contributed by atoms with Gasteiger partial charge in [-0.25, -0.2) is 5.43 Å². The molecule has 2 saturated heterocycles. The quantitative estimate of drug-likeness (QED) is 0.153. The maximum absolute atomic E-state index is 14.7. The smallest absolute Gasteiger partial charge is 0.324 e. The van der Waals surface area contributed by atoms with Gasteiger partial charge in [0, 0.05) is 67.8 Å². The average molecular weight is 894 g/mol. The molecule has 65 heavy (non-hydrogen) atoms. The van der Waals surface area contributed by atoms with Crippen molar-refractivity contribution in [3.05, 3.63) is 71.5 Å². The molecule has 6 bridgehead atoms. The minimum absolute atomic E-state index is 0.00125. The predicted molar refractivity (Wildman–Crippen MR) is 248 cm³/mol. The summed E-state index contributed by atoms with van der Waals surface area (Å²) in [6.45, 7) is 13.5. The number of hydrogen-bond donors (Lipinski definition) is 4. The number of aryl methyl sites for hydroxylation is 1. The molecule has 2 aromatic heterocycles. The van der Waals surface area contributed by atoms with Gasteiger partial charge in [0.1, 0.15) is 23.9 Å². The molecular formula is C50H67N7O8. The van der Waals surface area contributed by atoms with Crippen LogP contribution >= 0.6 is 0 Å². The molecule has 15 nitrogen and oxygen atoms in total. The van der Waals surface area contributed by atoms with Crippen molar-refractivity contribution in [3.63, 3.8) is 0 Å². The fourth-order valence-electron chi connectivity index (χ4n) is 10.2. The molecule has 0 radical (unpaired) electrons. The van der Waals surface area contributed by atoms with Gasteiger partial charge in [0.2, 0.25) is 11.8 Å². The van der Waals surface area contributed by atoms with E-state index < -0.39 is 47.2 Å². The summed E-state index contributed by atoms with van der Waals surface area (Å²) in [5.74, 6) is -2.51. The molecule has 3 aliphatic rings. The summed E-state index contributed by atoms with van der Waals surface area (Å²) in [5.41, 5.74) is 9.59. The van der Waals surface area contributed by atoms with Crippen molar-refractivity contribution >= 4 is 34.6 Å². The van der Waals surface area contributed by atoms with Crippen molar-refractivity contribution in [2.24, 2.45) is 17.3 Å². The number of pyridine rings is 1. The van der Waals surface area contributed by atoms with Gasteiger partial charge in [-0.05, 0) is 118 Å². The van der Waals surface area contributed by atoms with Crippen molar-refractivity contribution in [3.8, 4) is 28.1 Å². The normalized spacial score (nSPS) is 22.7. The zero-order chi connectivity index (χ0) is 46.9. The number of phenolic OH excluding ortho intramolecular Hbond substituents is 1. The van der Waals surface area contributed by atoms with E-state index in [1.807, 2.05) is 50.9 Å². The summed E-state index contributed by atoms with van der Waals surface area (Å²) in [7, 11) is 5.15. The first-order chi connectivity index (χ1) is 31.0. The Morgan fingerprint density at radius 3 is 2.55 bits per heavy atom. The van der Waals surface area contributed by atoms with E-state index in [0.717, 1.165) is 44.5 Å². The Bertz CT molecular complexity index is 2410. The van der Waals surface area contributed by atoms with Gasteiger partial charge in [-0.2, -0.15) is 0 Å². The third-order valence-corrected chi connectivity index (χ3v) is 13.7. The number of carbonyl (C=O) groups excluding carboxylic acids is 4. The van der Waals surface area contributed by atoms with E-state index in [0.29, 0.717) is 44.3 Å². The molecule has 7 rings (SSSR count). The third kappa shape index (κ3) is 9.79. The van der Waals surface area contributed by atoms with Crippen molar-refractivity contribution in [1.82, 2.24) is 35.1 Å². The molecule has 350 valence electrons. The number of ether oxygens (including phenoxy) is 2. The van der Waals surface area contributed by atoms with Crippen LogP contribution in [0.2, 0.25) is 0 Å². The summed E-state index contributed by atoms with van der Waals surface area (Å²) in [5, 5.41) is 26.9. The van der Waals surface area contributed by atoms with Crippen LogP contribution in [0.15, 0.2) is 54.7 Å². The number of likely N-dealkylation sites (N-methyl/N-ethyl adjacent to an activating group) is 2. The summed E-state index contributed by atoms with van der Waals surface area (Å²) in [4.78, 5) is 65.3. The van der Waals surface area contributed by atoms with E-state index in [1.54, 1.807) is 32.5 Å². The molecule has 5 heterocycles. The minimum atomic E-state index is -1.15. The molecule has 2 aromatic carbocycles. The van der Waals surface area contributed by atoms with Gasteiger partial charge in [0.15, 0.2) is 0 Å². The first kappa shape index (κ1) is 47.6. The Morgan fingerprint density at radius 1 is 1.08 bits per heavy atom. The van der Waals surface area contributed by atoms with Crippen LogP contribution in [0.1, 0.15) is 83.7 Å². The second-order valence-corrected chi connectivity index (χ2v) is 19.3. The highest BCUT2D eigenvalue weighted by molar-refractivity contribution is 5.96. The van der Waals surface area contributed by atoms with E-state index in [1.165, 1.54) is 9.91 Å². The number of aromatic hydroxyl groups is 1. The average Bonchev–Trinajstić information content (AvgIpc) is 3.81. The maximum atomic E-state index is 14.7. The van der Waals surface area contributed by atoms with Crippen LogP contribution in [-0.4, -0.2) is 130 Å². The SMILES string of the molecule is CCn1c(-c2cccnc2[C@H](C)OC)c2c3cc(ccc31)-c1cc(O)cc(c1)C[C@H](NC(=O)C(C(C)C)N(C)C(=O)[C@H]1CCN(C)[C@H]1CO)C(=O)N1CCC[C@H](N1)C(=O)OCC(C)(C)C2. The predicted octanol–water partition coefficient (Wildman–Crippen LogP) is 5.25. The number of esters is 1. The lowest BCUT2D eigenvalue weighted by Gasteiger charge is -2.37. The van der Waals surface area contributed by atoms with Gasteiger partial charge in [-0.3, -0.25) is 29.2 Å². The molecule has 4 N–H and O–H groups in total. The second-order valence-electron chi connectivity index (χ2n) is 19.3. The van der Waals surface area contributed by atoms with Crippen LogP contribution in [0.25, 0.3) is 33.3 Å². The number of carbonyl (C=O) groups is 4. The van der Waals surface area contributed by atoms with E-state index in [-0.39, 0.29) is 55.9 Å². The summed E-state index contributed by atoms with van der Waals surface area (Å²) in [6.07, 6.45) is 3.56. The number of phenols is 1. The van der Waals surface area contributed by atoms with Gasteiger partial charge in [0.05, 0.1) is 36.6 Å². The molecule has 1 unspecified atom stereocenters. The van der Waals surface area contributed by atoms with E-state index in [2.05, 4.69) is 54.3 Å². The molecule has 0 saturated carbocycles. The third-order valence-electron chi connectivity index (χ3n) is 13.7. The Morgan fingerprint density at radius 2 is 1.85 bits per heavy atom. The summed E-state index contributed by atoms with van der Waals surface area (Å²) >= 11 is 0.